The fraction of sp³-hybridized carbons (Fsp3) is 0.533. The van der Waals surface area contributed by atoms with E-state index >= 15 is 0 Å². The summed E-state index contributed by atoms with van der Waals surface area (Å²) in [6.45, 7) is 4.48. The molecule has 1 aromatic rings. The summed E-state index contributed by atoms with van der Waals surface area (Å²) in [5.74, 6) is 1.71. The van der Waals surface area contributed by atoms with E-state index in [-0.39, 0.29) is 11.7 Å². The summed E-state index contributed by atoms with van der Waals surface area (Å²) in [6.07, 6.45) is 3.26. The molecule has 0 heterocycles. The monoisotopic (exact) mass is 328 g/mol. The fourth-order valence-corrected chi connectivity index (χ4v) is 3.47. The summed E-state index contributed by atoms with van der Waals surface area (Å²) in [6, 6.07) is 5.49. The number of rotatable bonds is 2. The number of carbonyl (C=O) groups excluding carboxylic acids is 1. The van der Waals surface area contributed by atoms with Crippen molar-refractivity contribution in [2.45, 2.75) is 33.1 Å². The van der Waals surface area contributed by atoms with E-state index in [1.54, 1.807) is 6.07 Å². The lowest BCUT2D eigenvalue weighted by Crippen LogP contribution is -2.26. The summed E-state index contributed by atoms with van der Waals surface area (Å²) >= 11 is 9.41. The minimum Gasteiger partial charge on any atom is -0.294 e. The zero-order valence-electron chi connectivity index (χ0n) is 10.7. The van der Waals surface area contributed by atoms with Gasteiger partial charge in [-0.25, -0.2) is 0 Å². The van der Waals surface area contributed by atoms with Crippen molar-refractivity contribution in [3.05, 3.63) is 33.3 Å². The van der Waals surface area contributed by atoms with Crippen molar-refractivity contribution in [3.63, 3.8) is 0 Å². The lowest BCUT2D eigenvalue weighted by Gasteiger charge is -2.30. The molecule has 0 aromatic heterocycles. The Bertz CT molecular complexity index is 448. The molecule has 2 unspecified atom stereocenters. The average molecular weight is 330 g/mol. The Hall–Kier alpha value is -0.340. The molecule has 2 rings (SSSR count). The fourth-order valence-electron chi connectivity index (χ4n) is 3.05. The van der Waals surface area contributed by atoms with Gasteiger partial charge in [-0.05, 0) is 59.2 Å². The first-order chi connectivity index (χ1) is 8.47. The number of halogens is 2. The van der Waals surface area contributed by atoms with Gasteiger partial charge >= 0.3 is 0 Å². The van der Waals surface area contributed by atoms with E-state index in [2.05, 4.69) is 29.8 Å². The van der Waals surface area contributed by atoms with Crippen LogP contribution in [-0.2, 0) is 0 Å². The molecule has 0 spiro atoms. The van der Waals surface area contributed by atoms with Crippen molar-refractivity contribution in [2.75, 3.05) is 0 Å². The number of carbonyl (C=O) groups is 1. The van der Waals surface area contributed by atoms with Crippen molar-refractivity contribution in [1.82, 2.24) is 0 Å². The molecule has 98 valence electrons. The van der Waals surface area contributed by atoms with Crippen LogP contribution in [0.5, 0.6) is 0 Å². The van der Waals surface area contributed by atoms with Gasteiger partial charge in [0.25, 0.3) is 0 Å². The molecule has 1 nitrogen and oxygen atoms in total. The van der Waals surface area contributed by atoms with Crippen LogP contribution in [0.1, 0.15) is 43.5 Å². The van der Waals surface area contributed by atoms with E-state index in [0.29, 0.717) is 16.9 Å². The summed E-state index contributed by atoms with van der Waals surface area (Å²) in [5, 5.41) is 0.609. The van der Waals surface area contributed by atoms with Gasteiger partial charge in [-0.1, -0.05) is 31.5 Å². The van der Waals surface area contributed by atoms with Crippen molar-refractivity contribution in [1.29, 1.82) is 0 Å². The van der Waals surface area contributed by atoms with Crippen LogP contribution in [-0.4, -0.2) is 5.78 Å². The molecule has 1 fully saturated rings. The summed E-state index contributed by atoms with van der Waals surface area (Å²) in [4.78, 5) is 12.5. The average Bonchev–Trinajstić information content (AvgIpc) is 2.30. The minimum atomic E-state index is 0.168. The Morgan fingerprint density at radius 1 is 1.22 bits per heavy atom. The number of Topliss-reactive ketones (excluding diaryl/α,β-unsaturated/α-hetero) is 1. The largest absolute Gasteiger partial charge is 0.294 e. The van der Waals surface area contributed by atoms with Crippen LogP contribution in [0.25, 0.3) is 0 Å². The molecule has 0 bridgehead atoms. The maximum atomic E-state index is 12.5. The van der Waals surface area contributed by atoms with Crippen LogP contribution in [0.3, 0.4) is 0 Å². The smallest absolute Gasteiger partial charge is 0.166 e. The molecule has 1 aliphatic rings. The van der Waals surface area contributed by atoms with Gasteiger partial charge < -0.3 is 0 Å². The molecule has 0 radical (unpaired) electrons. The first-order valence-corrected chi connectivity index (χ1v) is 7.63. The quantitative estimate of drug-likeness (QED) is 0.668. The lowest BCUT2D eigenvalue weighted by atomic mass is 9.74. The Kier molecular flexibility index (Phi) is 4.50. The van der Waals surface area contributed by atoms with Gasteiger partial charge in [0.1, 0.15) is 0 Å². The molecule has 0 saturated heterocycles. The number of benzene rings is 1. The highest BCUT2D eigenvalue weighted by molar-refractivity contribution is 9.10. The molecule has 1 aromatic carbocycles. The zero-order valence-corrected chi connectivity index (χ0v) is 13.1. The van der Waals surface area contributed by atoms with E-state index in [1.165, 1.54) is 6.42 Å². The summed E-state index contributed by atoms with van der Waals surface area (Å²) in [7, 11) is 0. The lowest BCUT2D eigenvalue weighted by molar-refractivity contribution is 0.0836. The molecular formula is C15H18BrClO. The van der Waals surface area contributed by atoms with E-state index < -0.39 is 0 Å². The molecule has 1 saturated carbocycles. The van der Waals surface area contributed by atoms with E-state index in [9.17, 15) is 4.79 Å². The highest BCUT2D eigenvalue weighted by atomic mass is 79.9. The highest BCUT2D eigenvalue weighted by Crippen LogP contribution is 2.35. The molecule has 1 aliphatic carbocycles. The number of hydrogen-bond acceptors (Lipinski definition) is 1. The standard InChI is InChI=1S/C15H18BrClO/c1-9-5-10(2)7-12(6-9)15(18)11-3-4-13(16)14(17)8-11/h3-4,8-10,12H,5-7H2,1-2H3. The van der Waals surface area contributed by atoms with Crippen LogP contribution < -0.4 is 0 Å². The van der Waals surface area contributed by atoms with Crippen LogP contribution in [0.2, 0.25) is 5.02 Å². The third-order valence-corrected chi connectivity index (χ3v) is 4.99. The second-order valence-corrected chi connectivity index (χ2v) is 6.87. The maximum absolute atomic E-state index is 12.5. The van der Waals surface area contributed by atoms with Gasteiger partial charge in [0.05, 0.1) is 5.02 Å². The minimum absolute atomic E-state index is 0.168. The normalized spacial score (nSPS) is 28.1. The molecular weight excluding hydrogens is 312 g/mol. The van der Waals surface area contributed by atoms with Crippen molar-refractivity contribution < 1.29 is 4.79 Å². The van der Waals surface area contributed by atoms with Gasteiger partial charge in [-0.2, -0.15) is 0 Å². The van der Waals surface area contributed by atoms with Gasteiger partial charge in [0.15, 0.2) is 5.78 Å². The number of ketones is 1. The van der Waals surface area contributed by atoms with Gasteiger partial charge in [-0.15, -0.1) is 0 Å². The molecule has 2 atom stereocenters. The SMILES string of the molecule is CC1CC(C)CC(C(=O)c2ccc(Br)c(Cl)c2)C1. The van der Waals surface area contributed by atoms with E-state index in [0.717, 1.165) is 22.9 Å². The van der Waals surface area contributed by atoms with Crippen LogP contribution in [0, 0.1) is 17.8 Å². The predicted molar refractivity (Wildman–Crippen MR) is 79.2 cm³/mol. The second kappa shape index (κ2) is 5.75. The first-order valence-electron chi connectivity index (χ1n) is 6.46. The maximum Gasteiger partial charge on any atom is 0.166 e. The molecule has 18 heavy (non-hydrogen) atoms. The summed E-state index contributed by atoms with van der Waals surface area (Å²) in [5.41, 5.74) is 0.745. The molecule has 0 amide bonds. The van der Waals surface area contributed by atoms with Crippen molar-refractivity contribution in [3.8, 4) is 0 Å². The van der Waals surface area contributed by atoms with E-state index in [1.807, 2.05) is 12.1 Å². The van der Waals surface area contributed by atoms with Crippen molar-refractivity contribution >= 4 is 33.3 Å². The third-order valence-electron chi connectivity index (χ3n) is 3.75. The van der Waals surface area contributed by atoms with Gasteiger partial charge in [0, 0.05) is 16.0 Å². The van der Waals surface area contributed by atoms with Crippen LogP contribution in [0.15, 0.2) is 22.7 Å². The summed E-state index contributed by atoms with van der Waals surface area (Å²) < 4.78 is 0.839. The van der Waals surface area contributed by atoms with Crippen molar-refractivity contribution in [2.24, 2.45) is 17.8 Å². The third kappa shape index (κ3) is 3.16. The Balaban J connectivity index is 2.17. The highest BCUT2D eigenvalue weighted by Gasteiger charge is 2.29. The second-order valence-electron chi connectivity index (χ2n) is 5.61. The first kappa shape index (κ1) is 14.1. The van der Waals surface area contributed by atoms with E-state index in [4.69, 9.17) is 11.6 Å². The Labute approximate surface area is 122 Å². The Morgan fingerprint density at radius 2 is 1.83 bits per heavy atom. The zero-order chi connectivity index (χ0) is 13.3. The van der Waals surface area contributed by atoms with Gasteiger partial charge in [0.2, 0.25) is 0 Å². The molecule has 3 heteroatoms. The molecule has 0 aliphatic heterocycles. The Morgan fingerprint density at radius 3 is 2.39 bits per heavy atom. The number of hydrogen-bond donors (Lipinski definition) is 0. The topological polar surface area (TPSA) is 17.1 Å². The van der Waals surface area contributed by atoms with Gasteiger partial charge in [-0.3, -0.25) is 4.79 Å². The van der Waals surface area contributed by atoms with Crippen LogP contribution in [0.4, 0.5) is 0 Å². The molecule has 0 N–H and O–H groups in total. The predicted octanol–water partition coefficient (Wildman–Crippen LogP) is 5.36. The van der Waals surface area contributed by atoms with Crippen LogP contribution >= 0.6 is 27.5 Å².